The van der Waals surface area contributed by atoms with Gasteiger partial charge >= 0.3 is 0 Å². The molecule has 0 aliphatic carbocycles. The molecule has 2 aromatic heterocycles. The molecule has 0 radical (unpaired) electrons. The molecule has 0 saturated carbocycles. The van der Waals surface area contributed by atoms with Gasteiger partial charge in [0.15, 0.2) is 5.65 Å². The van der Waals surface area contributed by atoms with Crippen molar-refractivity contribution in [2.45, 2.75) is 33.2 Å². The Kier molecular flexibility index (Phi) is 6.19. The molecule has 0 unspecified atom stereocenters. The van der Waals surface area contributed by atoms with Gasteiger partial charge in [0.25, 0.3) is 5.91 Å². The molecule has 3 rings (SSSR count). The van der Waals surface area contributed by atoms with E-state index >= 15 is 0 Å². The highest BCUT2D eigenvalue weighted by Gasteiger charge is 2.16. The van der Waals surface area contributed by atoms with Gasteiger partial charge in [0.1, 0.15) is 5.56 Å². The van der Waals surface area contributed by atoms with Crippen LogP contribution in [0.15, 0.2) is 48.9 Å². The predicted molar refractivity (Wildman–Crippen MR) is 107 cm³/mol. The number of aromatic nitrogens is 3. The summed E-state index contributed by atoms with van der Waals surface area (Å²) in [5, 5.41) is 7.32. The molecule has 0 saturated heterocycles. The number of amides is 1. The normalized spacial score (nSPS) is 12.4. The Hall–Kier alpha value is -2.73. The second-order valence-electron chi connectivity index (χ2n) is 6.77. The second kappa shape index (κ2) is 8.77. The van der Waals surface area contributed by atoms with E-state index in [9.17, 15) is 4.79 Å². The van der Waals surface area contributed by atoms with Crippen LogP contribution in [-0.4, -0.2) is 45.0 Å². The molecule has 0 fully saturated rings. The smallest absolute Gasteiger partial charge is 0.256 e. The molecular formula is C21H27N5O. The topological polar surface area (TPSA) is 62.5 Å². The lowest BCUT2D eigenvalue weighted by atomic mass is 10.0. The van der Waals surface area contributed by atoms with Gasteiger partial charge in [-0.05, 0) is 24.6 Å². The molecule has 3 aromatic rings. The zero-order valence-electron chi connectivity index (χ0n) is 16.2. The van der Waals surface area contributed by atoms with Crippen LogP contribution in [0.3, 0.4) is 0 Å². The van der Waals surface area contributed by atoms with Crippen molar-refractivity contribution in [2.75, 3.05) is 19.6 Å². The first kappa shape index (κ1) is 19.0. The molecule has 0 aliphatic heterocycles. The fourth-order valence-electron chi connectivity index (χ4n) is 3.10. The minimum Gasteiger partial charge on any atom is -0.351 e. The summed E-state index contributed by atoms with van der Waals surface area (Å²) >= 11 is 0. The first-order chi connectivity index (χ1) is 13.1. The van der Waals surface area contributed by atoms with Crippen molar-refractivity contribution in [1.29, 1.82) is 0 Å². The number of benzene rings is 1. The van der Waals surface area contributed by atoms with Crippen LogP contribution in [0.1, 0.15) is 48.2 Å². The summed E-state index contributed by atoms with van der Waals surface area (Å²) < 4.78 is 1.69. The van der Waals surface area contributed by atoms with Gasteiger partial charge in [0, 0.05) is 31.0 Å². The third kappa shape index (κ3) is 4.52. The summed E-state index contributed by atoms with van der Waals surface area (Å²) in [6, 6.07) is 10.2. The molecule has 0 spiro atoms. The summed E-state index contributed by atoms with van der Waals surface area (Å²) in [4.78, 5) is 19.4. The van der Waals surface area contributed by atoms with E-state index < -0.39 is 0 Å². The van der Waals surface area contributed by atoms with Gasteiger partial charge in [-0.1, -0.05) is 51.1 Å². The van der Waals surface area contributed by atoms with E-state index in [0.717, 1.165) is 25.2 Å². The molecule has 6 nitrogen and oxygen atoms in total. The average molecular weight is 365 g/mol. The lowest BCUT2D eigenvalue weighted by Gasteiger charge is -2.17. The third-order valence-electron chi connectivity index (χ3n) is 4.89. The monoisotopic (exact) mass is 365 g/mol. The first-order valence-corrected chi connectivity index (χ1v) is 9.50. The number of carbonyl (C=O) groups is 1. The highest BCUT2D eigenvalue weighted by molar-refractivity contribution is 5.99. The van der Waals surface area contributed by atoms with Gasteiger partial charge in [0.05, 0.1) is 6.20 Å². The van der Waals surface area contributed by atoms with Crippen LogP contribution in [0.2, 0.25) is 0 Å². The van der Waals surface area contributed by atoms with Crippen LogP contribution >= 0.6 is 0 Å². The van der Waals surface area contributed by atoms with Crippen LogP contribution in [0.25, 0.3) is 5.65 Å². The van der Waals surface area contributed by atoms with Crippen molar-refractivity contribution in [3.05, 3.63) is 65.6 Å². The highest BCUT2D eigenvalue weighted by Crippen LogP contribution is 2.14. The van der Waals surface area contributed by atoms with E-state index in [-0.39, 0.29) is 11.8 Å². The molecule has 1 atom stereocenters. The van der Waals surface area contributed by atoms with Crippen molar-refractivity contribution in [1.82, 2.24) is 24.8 Å². The third-order valence-corrected chi connectivity index (χ3v) is 4.89. The van der Waals surface area contributed by atoms with E-state index in [4.69, 9.17) is 0 Å². The van der Waals surface area contributed by atoms with Crippen molar-refractivity contribution in [2.24, 2.45) is 0 Å². The van der Waals surface area contributed by atoms with Gasteiger partial charge in [-0.3, -0.25) is 9.69 Å². The molecule has 1 amide bonds. The van der Waals surface area contributed by atoms with Crippen molar-refractivity contribution >= 4 is 11.6 Å². The average Bonchev–Trinajstić information content (AvgIpc) is 3.14. The largest absolute Gasteiger partial charge is 0.351 e. The zero-order valence-corrected chi connectivity index (χ0v) is 16.2. The fraction of sp³-hybridized carbons (Fsp3) is 0.381. The maximum Gasteiger partial charge on any atom is 0.256 e. The Balaban J connectivity index is 1.68. The zero-order chi connectivity index (χ0) is 19.2. The molecule has 0 aliphatic rings. The number of hydrogen-bond donors (Lipinski definition) is 1. The molecule has 6 heteroatoms. The SMILES string of the molecule is CCN(CC)Cc1cnc2c(C(=O)NC[C@H](C)c3ccccc3)cnn2c1. The summed E-state index contributed by atoms with van der Waals surface area (Å²) in [5.41, 5.74) is 3.38. The van der Waals surface area contributed by atoms with Crippen molar-refractivity contribution < 1.29 is 4.79 Å². The van der Waals surface area contributed by atoms with E-state index in [1.165, 1.54) is 5.56 Å². The van der Waals surface area contributed by atoms with Crippen LogP contribution < -0.4 is 5.32 Å². The van der Waals surface area contributed by atoms with Crippen LogP contribution in [0.4, 0.5) is 0 Å². The number of fused-ring (bicyclic) bond motifs is 1. The van der Waals surface area contributed by atoms with Gasteiger partial charge in [-0.25, -0.2) is 9.50 Å². The summed E-state index contributed by atoms with van der Waals surface area (Å²) in [6.45, 7) is 9.75. The Labute approximate surface area is 160 Å². The Bertz CT molecular complexity index is 886. The van der Waals surface area contributed by atoms with Gasteiger partial charge < -0.3 is 5.32 Å². The van der Waals surface area contributed by atoms with E-state index in [0.29, 0.717) is 17.8 Å². The van der Waals surface area contributed by atoms with E-state index in [1.807, 2.05) is 30.6 Å². The summed E-state index contributed by atoms with van der Waals surface area (Å²) in [7, 11) is 0. The summed E-state index contributed by atoms with van der Waals surface area (Å²) in [5.74, 6) is 0.0994. The maximum atomic E-state index is 12.6. The number of rotatable bonds is 8. The van der Waals surface area contributed by atoms with E-state index in [2.05, 4.69) is 53.2 Å². The lowest BCUT2D eigenvalue weighted by molar-refractivity contribution is 0.0953. The Morgan fingerprint density at radius 1 is 1.19 bits per heavy atom. The molecule has 1 N–H and O–H groups in total. The Morgan fingerprint density at radius 3 is 2.63 bits per heavy atom. The molecule has 1 aromatic carbocycles. The molecular weight excluding hydrogens is 338 g/mol. The molecule has 0 bridgehead atoms. The number of nitrogens with zero attached hydrogens (tertiary/aromatic N) is 4. The quantitative estimate of drug-likeness (QED) is 0.666. The predicted octanol–water partition coefficient (Wildman–Crippen LogP) is 3.10. The number of nitrogens with one attached hydrogen (secondary N) is 1. The Morgan fingerprint density at radius 2 is 1.93 bits per heavy atom. The van der Waals surface area contributed by atoms with Gasteiger partial charge in [0.2, 0.25) is 0 Å². The molecule has 27 heavy (non-hydrogen) atoms. The minimum atomic E-state index is -0.142. The van der Waals surface area contributed by atoms with Crippen molar-refractivity contribution in [3.8, 4) is 0 Å². The first-order valence-electron chi connectivity index (χ1n) is 9.50. The number of carbonyl (C=O) groups excluding carboxylic acids is 1. The highest BCUT2D eigenvalue weighted by atomic mass is 16.1. The van der Waals surface area contributed by atoms with E-state index in [1.54, 1.807) is 10.7 Å². The second-order valence-corrected chi connectivity index (χ2v) is 6.77. The van der Waals surface area contributed by atoms with Crippen LogP contribution in [-0.2, 0) is 6.54 Å². The fourth-order valence-corrected chi connectivity index (χ4v) is 3.10. The molecule has 2 heterocycles. The summed E-state index contributed by atoms with van der Waals surface area (Å²) in [6.07, 6.45) is 5.37. The standard InChI is InChI=1S/C21H27N5O/c1-4-25(5-2)14-17-12-22-20-19(13-24-26(20)15-17)21(27)23-11-16(3)18-9-7-6-8-10-18/h6-10,12-13,15-16H,4-5,11,14H2,1-3H3,(H,23,27)/t16-/m0/s1. The number of hydrogen-bond acceptors (Lipinski definition) is 4. The van der Waals surface area contributed by atoms with Crippen molar-refractivity contribution in [3.63, 3.8) is 0 Å². The maximum absolute atomic E-state index is 12.6. The van der Waals surface area contributed by atoms with Crippen LogP contribution in [0, 0.1) is 0 Å². The van der Waals surface area contributed by atoms with Crippen LogP contribution in [0.5, 0.6) is 0 Å². The lowest BCUT2D eigenvalue weighted by Crippen LogP contribution is -2.27. The van der Waals surface area contributed by atoms with Gasteiger partial charge in [-0.2, -0.15) is 5.10 Å². The minimum absolute atomic E-state index is 0.142. The molecule has 142 valence electrons. The van der Waals surface area contributed by atoms with Gasteiger partial charge in [-0.15, -0.1) is 0 Å².